The summed E-state index contributed by atoms with van der Waals surface area (Å²) in [6.07, 6.45) is 20.4. The van der Waals surface area contributed by atoms with E-state index in [4.69, 9.17) is 0 Å². The van der Waals surface area contributed by atoms with Crippen molar-refractivity contribution in [3.05, 3.63) is 0 Å². The zero-order chi connectivity index (χ0) is 11.9. The molecule has 0 saturated carbocycles. The van der Waals surface area contributed by atoms with Crippen LogP contribution in [-0.2, 0) is 16.5 Å². The van der Waals surface area contributed by atoms with Crippen LogP contribution in [-0.4, -0.2) is 0 Å². The van der Waals surface area contributed by atoms with Gasteiger partial charge in [0.05, 0.1) is 0 Å². The van der Waals surface area contributed by atoms with Crippen LogP contribution in [0.5, 0.6) is 0 Å². The van der Waals surface area contributed by atoms with Crippen LogP contribution in [0.3, 0.4) is 0 Å². The van der Waals surface area contributed by atoms with Gasteiger partial charge in [0.15, 0.2) is 0 Å². The molecule has 17 heavy (non-hydrogen) atoms. The van der Waals surface area contributed by atoms with Crippen molar-refractivity contribution in [3.63, 3.8) is 0 Å². The van der Waals surface area contributed by atoms with Crippen molar-refractivity contribution in [2.75, 3.05) is 0 Å². The molecule has 0 radical (unpaired) electrons. The van der Waals surface area contributed by atoms with Gasteiger partial charge in [0, 0.05) is 16.5 Å². The molecule has 0 heterocycles. The van der Waals surface area contributed by atoms with Crippen molar-refractivity contribution >= 4 is 0 Å². The fourth-order valence-corrected chi connectivity index (χ4v) is 2.27. The van der Waals surface area contributed by atoms with Gasteiger partial charge in [-0.3, -0.25) is 0 Å². The van der Waals surface area contributed by atoms with Gasteiger partial charge in [-0.05, 0) is 0 Å². The van der Waals surface area contributed by atoms with E-state index < -0.39 is 0 Å². The Morgan fingerprint density at radius 1 is 0.353 bits per heavy atom. The van der Waals surface area contributed by atoms with Crippen molar-refractivity contribution < 1.29 is 16.5 Å². The summed E-state index contributed by atoms with van der Waals surface area (Å²) in [4.78, 5) is 0. The Morgan fingerprint density at radius 3 is 0.706 bits per heavy atom. The van der Waals surface area contributed by atoms with Gasteiger partial charge in [0.2, 0.25) is 0 Å². The van der Waals surface area contributed by atoms with Gasteiger partial charge >= 0.3 is 0 Å². The summed E-state index contributed by atoms with van der Waals surface area (Å²) in [6.45, 7) is 4.58. The van der Waals surface area contributed by atoms with E-state index in [9.17, 15) is 0 Å². The molecule has 1 heteroatoms. The van der Waals surface area contributed by atoms with Crippen LogP contribution in [0, 0.1) is 0 Å². The average Bonchev–Trinajstić information content (AvgIpc) is 2.31. The number of rotatable bonds is 13. The maximum atomic E-state index is 2.29. The molecule has 0 N–H and O–H groups in total. The van der Waals surface area contributed by atoms with Crippen molar-refractivity contribution in [2.45, 2.75) is 104 Å². The molecule has 0 spiro atoms. The topological polar surface area (TPSA) is 0 Å². The number of hydrogen-bond donors (Lipinski definition) is 0. The van der Waals surface area contributed by atoms with Crippen LogP contribution in [0.1, 0.15) is 104 Å². The molecule has 0 aliphatic rings. The molecule has 0 aliphatic heterocycles. The Morgan fingerprint density at radius 2 is 0.529 bits per heavy atom. The van der Waals surface area contributed by atoms with Crippen LogP contribution >= 0.6 is 0 Å². The van der Waals surface area contributed by atoms with Crippen LogP contribution < -0.4 is 0 Å². The average molecular weight is 285 g/mol. The SMILES string of the molecule is CCCCCCCCCCCCCCCC.[Ni]. The van der Waals surface area contributed by atoms with Crippen molar-refractivity contribution in [1.29, 1.82) is 0 Å². The molecule has 108 valence electrons. The minimum absolute atomic E-state index is 0. The van der Waals surface area contributed by atoms with E-state index >= 15 is 0 Å². The van der Waals surface area contributed by atoms with Gasteiger partial charge in [-0.15, -0.1) is 0 Å². The van der Waals surface area contributed by atoms with Crippen LogP contribution in [0.4, 0.5) is 0 Å². The molecule has 0 rings (SSSR count). The minimum atomic E-state index is 0. The first-order valence-electron chi connectivity index (χ1n) is 7.91. The summed E-state index contributed by atoms with van der Waals surface area (Å²) in [7, 11) is 0. The summed E-state index contributed by atoms with van der Waals surface area (Å²) < 4.78 is 0. The first-order valence-corrected chi connectivity index (χ1v) is 7.91. The second kappa shape index (κ2) is 18.8. The van der Waals surface area contributed by atoms with E-state index in [1.54, 1.807) is 0 Å². The standard InChI is InChI=1S/C16H34.Ni/c1-3-5-7-9-11-13-15-16-14-12-10-8-6-4-2;/h3-16H2,1-2H3;. The van der Waals surface area contributed by atoms with Gasteiger partial charge < -0.3 is 0 Å². The smallest absolute Gasteiger partial charge is 0 e. The van der Waals surface area contributed by atoms with Crippen molar-refractivity contribution in [1.82, 2.24) is 0 Å². The predicted octanol–water partition coefficient (Wildman–Crippen LogP) is 6.49. The Hall–Kier alpha value is 0.494. The van der Waals surface area contributed by atoms with E-state index in [0.717, 1.165) is 0 Å². The summed E-state index contributed by atoms with van der Waals surface area (Å²) in [5.74, 6) is 0. The zero-order valence-corrected chi connectivity index (χ0v) is 13.2. The predicted molar refractivity (Wildman–Crippen MR) is 76.0 cm³/mol. The Balaban J connectivity index is 0. The summed E-state index contributed by atoms with van der Waals surface area (Å²) in [5, 5.41) is 0. The van der Waals surface area contributed by atoms with Gasteiger partial charge in [-0.1, -0.05) is 104 Å². The Bertz CT molecular complexity index is 98.1. The fourth-order valence-electron chi connectivity index (χ4n) is 2.27. The second-order valence-electron chi connectivity index (χ2n) is 5.24. The van der Waals surface area contributed by atoms with Gasteiger partial charge in [0.25, 0.3) is 0 Å². The third-order valence-electron chi connectivity index (χ3n) is 3.46. The normalized spacial score (nSPS) is 10.2. The number of unbranched alkanes of at least 4 members (excludes halogenated alkanes) is 13. The molecule has 0 amide bonds. The molecule has 0 fully saturated rings. The van der Waals surface area contributed by atoms with E-state index in [0.29, 0.717) is 0 Å². The summed E-state index contributed by atoms with van der Waals surface area (Å²) >= 11 is 0. The summed E-state index contributed by atoms with van der Waals surface area (Å²) in [6, 6.07) is 0. The van der Waals surface area contributed by atoms with Crippen molar-refractivity contribution in [2.24, 2.45) is 0 Å². The molecule has 0 atom stereocenters. The van der Waals surface area contributed by atoms with Crippen LogP contribution in [0.2, 0.25) is 0 Å². The molecular weight excluding hydrogens is 251 g/mol. The van der Waals surface area contributed by atoms with E-state index in [1.165, 1.54) is 89.9 Å². The molecule has 0 aromatic rings. The molecule has 0 aromatic heterocycles. The molecule has 0 bridgehead atoms. The van der Waals surface area contributed by atoms with Gasteiger partial charge in [-0.25, -0.2) is 0 Å². The first kappa shape index (κ1) is 19.8. The van der Waals surface area contributed by atoms with Crippen LogP contribution in [0.25, 0.3) is 0 Å². The zero-order valence-electron chi connectivity index (χ0n) is 12.2. The van der Waals surface area contributed by atoms with Gasteiger partial charge in [0.1, 0.15) is 0 Å². The largest absolute Gasteiger partial charge is 0.0654 e. The first-order chi connectivity index (χ1) is 7.91. The minimum Gasteiger partial charge on any atom is -0.0654 e. The van der Waals surface area contributed by atoms with E-state index in [1.807, 2.05) is 0 Å². The third-order valence-corrected chi connectivity index (χ3v) is 3.46. The fraction of sp³-hybridized carbons (Fsp3) is 1.00. The monoisotopic (exact) mass is 284 g/mol. The molecule has 0 aromatic carbocycles. The Labute approximate surface area is 120 Å². The maximum Gasteiger partial charge on any atom is 0 e. The molecule has 0 nitrogen and oxygen atoms in total. The van der Waals surface area contributed by atoms with Crippen LogP contribution in [0.15, 0.2) is 0 Å². The molecule has 0 saturated heterocycles. The number of hydrogen-bond acceptors (Lipinski definition) is 0. The van der Waals surface area contributed by atoms with Crippen molar-refractivity contribution in [3.8, 4) is 0 Å². The third kappa shape index (κ3) is 19.0. The Kier molecular flexibility index (Phi) is 22.0. The van der Waals surface area contributed by atoms with Gasteiger partial charge in [-0.2, -0.15) is 0 Å². The summed E-state index contributed by atoms with van der Waals surface area (Å²) in [5.41, 5.74) is 0. The van der Waals surface area contributed by atoms with E-state index in [2.05, 4.69) is 13.8 Å². The molecular formula is C16H34Ni. The maximum absolute atomic E-state index is 2.29. The van der Waals surface area contributed by atoms with E-state index in [-0.39, 0.29) is 16.5 Å². The molecule has 0 aliphatic carbocycles. The molecule has 0 unspecified atom stereocenters. The quantitative estimate of drug-likeness (QED) is 0.268. The second-order valence-corrected chi connectivity index (χ2v) is 5.24.